The number of aromatic nitrogens is 2. The van der Waals surface area contributed by atoms with Crippen LogP contribution in [0.2, 0.25) is 0 Å². The van der Waals surface area contributed by atoms with Crippen LogP contribution in [0.4, 0.5) is 5.69 Å². The molecule has 0 saturated heterocycles. The zero-order valence-corrected chi connectivity index (χ0v) is 15.0. The average molecular weight is 367 g/mol. The molecule has 1 heterocycles. The molecule has 0 spiro atoms. The van der Waals surface area contributed by atoms with Crippen LogP contribution in [0, 0.1) is 24.0 Å². The monoisotopic (exact) mass is 367 g/mol. The number of para-hydroxylation sites is 1. The van der Waals surface area contributed by atoms with Crippen molar-refractivity contribution in [3.8, 4) is 17.2 Å². The van der Waals surface area contributed by atoms with E-state index in [4.69, 9.17) is 9.47 Å². The van der Waals surface area contributed by atoms with Crippen LogP contribution in [0.1, 0.15) is 21.6 Å². The maximum absolute atomic E-state index is 12.6. The van der Waals surface area contributed by atoms with Crippen molar-refractivity contribution in [1.82, 2.24) is 9.78 Å². The quantitative estimate of drug-likeness (QED) is 0.296. The zero-order valence-electron chi connectivity index (χ0n) is 15.0. The summed E-state index contributed by atoms with van der Waals surface area (Å²) in [5, 5.41) is 15.5. The fourth-order valence-electron chi connectivity index (χ4n) is 2.66. The molecule has 0 aliphatic rings. The van der Waals surface area contributed by atoms with Gasteiger partial charge in [0.15, 0.2) is 0 Å². The summed E-state index contributed by atoms with van der Waals surface area (Å²) in [4.78, 5) is 23.2. The van der Waals surface area contributed by atoms with E-state index in [0.717, 1.165) is 11.3 Å². The number of ether oxygens (including phenoxy) is 2. The van der Waals surface area contributed by atoms with Crippen LogP contribution in [0.25, 0.3) is 5.69 Å². The first-order valence-electron chi connectivity index (χ1n) is 8.07. The molecule has 2 aromatic carbocycles. The number of carbonyl (C=O) groups is 1. The summed E-state index contributed by atoms with van der Waals surface area (Å²) >= 11 is 0. The van der Waals surface area contributed by atoms with E-state index in [-0.39, 0.29) is 17.0 Å². The highest BCUT2D eigenvalue weighted by atomic mass is 16.6. The average Bonchev–Trinajstić information content (AvgIpc) is 3.03. The van der Waals surface area contributed by atoms with Gasteiger partial charge in [-0.2, -0.15) is 5.10 Å². The third kappa shape index (κ3) is 3.50. The van der Waals surface area contributed by atoms with E-state index in [0.29, 0.717) is 11.4 Å². The van der Waals surface area contributed by atoms with Crippen molar-refractivity contribution in [2.45, 2.75) is 13.8 Å². The first-order valence-corrected chi connectivity index (χ1v) is 8.07. The van der Waals surface area contributed by atoms with E-state index in [1.54, 1.807) is 11.6 Å². The second-order valence-corrected chi connectivity index (χ2v) is 5.82. The number of nitro benzene ring substituents is 1. The molecule has 8 heteroatoms. The van der Waals surface area contributed by atoms with Crippen molar-refractivity contribution >= 4 is 11.7 Å². The molecule has 0 saturated carbocycles. The number of carbonyl (C=O) groups excluding carboxylic acids is 1. The predicted molar refractivity (Wildman–Crippen MR) is 97.6 cm³/mol. The molecule has 0 fully saturated rings. The Balaban J connectivity index is 1.93. The van der Waals surface area contributed by atoms with Crippen molar-refractivity contribution in [1.29, 1.82) is 0 Å². The molecule has 3 aromatic rings. The molecule has 0 atom stereocenters. The van der Waals surface area contributed by atoms with E-state index in [1.165, 1.54) is 31.5 Å². The lowest BCUT2D eigenvalue weighted by molar-refractivity contribution is -0.385. The standard InChI is InChI=1S/C19H17N3O5/c1-12-6-4-5-7-16(12)21-13(2)15(11-20-21)19(23)27-18-9-8-14(26-3)10-17(18)22(24)25/h4-11H,1-3H3. The number of rotatable bonds is 5. The summed E-state index contributed by atoms with van der Waals surface area (Å²) in [5.74, 6) is -0.584. The van der Waals surface area contributed by atoms with Gasteiger partial charge in [0.25, 0.3) is 0 Å². The molecule has 0 N–H and O–H groups in total. The van der Waals surface area contributed by atoms with E-state index in [2.05, 4.69) is 5.10 Å². The van der Waals surface area contributed by atoms with Crippen molar-refractivity contribution < 1.29 is 19.2 Å². The Morgan fingerprint density at radius 2 is 1.93 bits per heavy atom. The number of hydrogen-bond donors (Lipinski definition) is 0. The molecule has 1 aromatic heterocycles. The first-order chi connectivity index (χ1) is 12.9. The van der Waals surface area contributed by atoms with Crippen LogP contribution in [-0.4, -0.2) is 27.8 Å². The summed E-state index contributed by atoms with van der Waals surface area (Å²) in [7, 11) is 1.40. The highest BCUT2D eigenvalue weighted by Gasteiger charge is 2.23. The highest BCUT2D eigenvalue weighted by molar-refractivity contribution is 5.92. The van der Waals surface area contributed by atoms with Crippen LogP contribution < -0.4 is 9.47 Å². The number of nitro groups is 1. The number of methoxy groups -OCH3 is 1. The van der Waals surface area contributed by atoms with Crippen LogP contribution in [0.5, 0.6) is 11.5 Å². The normalized spacial score (nSPS) is 10.5. The van der Waals surface area contributed by atoms with Gasteiger partial charge in [0, 0.05) is 0 Å². The van der Waals surface area contributed by atoms with E-state index >= 15 is 0 Å². The summed E-state index contributed by atoms with van der Waals surface area (Å²) in [5.41, 5.74) is 2.28. The van der Waals surface area contributed by atoms with Gasteiger partial charge < -0.3 is 9.47 Å². The van der Waals surface area contributed by atoms with Crippen LogP contribution in [0.3, 0.4) is 0 Å². The maximum Gasteiger partial charge on any atom is 0.347 e. The lowest BCUT2D eigenvalue weighted by Gasteiger charge is -2.09. The Bertz CT molecular complexity index is 1030. The Labute approximate surface area is 155 Å². The Morgan fingerprint density at radius 3 is 2.59 bits per heavy atom. The maximum atomic E-state index is 12.6. The van der Waals surface area contributed by atoms with Crippen molar-refractivity contribution in [3.05, 3.63) is 75.6 Å². The topological polar surface area (TPSA) is 96.5 Å². The van der Waals surface area contributed by atoms with Crippen LogP contribution in [-0.2, 0) is 0 Å². The highest BCUT2D eigenvalue weighted by Crippen LogP contribution is 2.32. The minimum Gasteiger partial charge on any atom is -0.496 e. The number of nitrogens with zero attached hydrogens (tertiary/aromatic N) is 3. The third-order valence-electron chi connectivity index (χ3n) is 4.14. The van der Waals surface area contributed by atoms with Gasteiger partial charge in [-0.15, -0.1) is 0 Å². The number of benzene rings is 2. The molecule has 3 rings (SSSR count). The lowest BCUT2D eigenvalue weighted by Crippen LogP contribution is -2.11. The first kappa shape index (κ1) is 18.1. The molecule has 0 amide bonds. The van der Waals surface area contributed by atoms with Gasteiger partial charge in [-0.1, -0.05) is 18.2 Å². The van der Waals surface area contributed by atoms with Gasteiger partial charge in [0.2, 0.25) is 5.75 Å². The molecular formula is C19H17N3O5. The Morgan fingerprint density at radius 1 is 1.19 bits per heavy atom. The van der Waals surface area contributed by atoms with Gasteiger partial charge in [-0.3, -0.25) is 10.1 Å². The largest absolute Gasteiger partial charge is 0.496 e. The number of hydrogen-bond acceptors (Lipinski definition) is 6. The third-order valence-corrected chi connectivity index (χ3v) is 4.14. The summed E-state index contributed by atoms with van der Waals surface area (Å²) < 4.78 is 11.9. The molecule has 0 aliphatic heterocycles. The summed E-state index contributed by atoms with van der Waals surface area (Å²) in [6.07, 6.45) is 1.39. The second kappa shape index (κ2) is 7.28. The van der Waals surface area contributed by atoms with Gasteiger partial charge in [0.1, 0.15) is 11.3 Å². The molecule has 0 aliphatic carbocycles. The molecule has 0 bridgehead atoms. The summed E-state index contributed by atoms with van der Waals surface area (Å²) in [6, 6.07) is 11.6. The molecule has 0 unspecified atom stereocenters. The minimum atomic E-state index is -0.722. The fourth-order valence-corrected chi connectivity index (χ4v) is 2.66. The summed E-state index contributed by atoms with van der Waals surface area (Å²) in [6.45, 7) is 3.67. The van der Waals surface area contributed by atoms with Crippen molar-refractivity contribution in [3.63, 3.8) is 0 Å². The van der Waals surface area contributed by atoms with Crippen LogP contribution >= 0.6 is 0 Å². The van der Waals surface area contributed by atoms with Gasteiger partial charge in [0.05, 0.1) is 35.7 Å². The number of esters is 1. The van der Waals surface area contributed by atoms with Gasteiger partial charge >= 0.3 is 11.7 Å². The van der Waals surface area contributed by atoms with Crippen LogP contribution in [0.15, 0.2) is 48.7 Å². The predicted octanol–water partition coefficient (Wildman–Crippen LogP) is 3.63. The van der Waals surface area contributed by atoms with Crippen molar-refractivity contribution in [2.24, 2.45) is 0 Å². The van der Waals surface area contributed by atoms with E-state index in [1.807, 2.05) is 31.2 Å². The van der Waals surface area contributed by atoms with E-state index in [9.17, 15) is 14.9 Å². The van der Waals surface area contributed by atoms with E-state index < -0.39 is 10.9 Å². The molecule has 8 nitrogen and oxygen atoms in total. The second-order valence-electron chi connectivity index (χ2n) is 5.82. The smallest absolute Gasteiger partial charge is 0.347 e. The fraction of sp³-hybridized carbons (Fsp3) is 0.158. The van der Waals surface area contributed by atoms with Crippen molar-refractivity contribution in [2.75, 3.05) is 7.11 Å². The molecule has 27 heavy (non-hydrogen) atoms. The molecular weight excluding hydrogens is 350 g/mol. The number of aryl methyl sites for hydroxylation is 1. The lowest BCUT2D eigenvalue weighted by atomic mass is 10.2. The van der Waals surface area contributed by atoms with Gasteiger partial charge in [-0.25, -0.2) is 9.48 Å². The Kier molecular flexibility index (Phi) is 4.89. The van der Waals surface area contributed by atoms with Gasteiger partial charge in [-0.05, 0) is 37.6 Å². The SMILES string of the molecule is COc1ccc(OC(=O)c2cnn(-c3ccccc3C)c2C)c([N+](=O)[O-])c1. The zero-order chi connectivity index (χ0) is 19.6. The molecule has 138 valence electrons. The minimum absolute atomic E-state index is 0.158. The Hall–Kier alpha value is -3.68. The molecule has 0 radical (unpaired) electrons.